The largest absolute Gasteiger partial charge is 0.435 e. The number of H-pyrrole nitrogens is 1. The predicted molar refractivity (Wildman–Crippen MR) is 110 cm³/mol. The van der Waals surface area contributed by atoms with Crippen LogP contribution < -0.4 is 0 Å². The van der Waals surface area contributed by atoms with Crippen LogP contribution in [0.5, 0.6) is 0 Å². The molecule has 1 aromatic heterocycles. The molecule has 1 N–H and O–H groups in total. The van der Waals surface area contributed by atoms with Gasteiger partial charge in [-0.1, -0.05) is 40.5 Å². The van der Waals surface area contributed by atoms with Crippen LogP contribution in [0.3, 0.4) is 0 Å². The first-order valence-electron chi connectivity index (χ1n) is 9.69. The lowest BCUT2D eigenvalue weighted by molar-refractivity contribution is -0.275. The molecule has 0 bridgehead atoms. The van der Waals surface area contributed by atoms with E-state index in [1.807, 2.05) is 0 Å². The summed E-state index contributed by atoms with van der Waals surface area (Å²) < 4.78 is 56.7. The molecule has 2 aliphatic rings. The van der Waals surface area contributed by atoms with Crippen molar-refractivity contribution in [3.8, 4) is 11.4 Å². The molecular formula is C21H14Cl2F4N4O. The van der Waals surface area contributed by atoms with Crippen molar-refractivity contribution in [1.29, 1.82) is 0 Å². The average Bonchev–Trinajstić information content (AvgIpc) is 3.51. The lowest BCUT2D eigenvalue weighted by atomic mass is 9.84. The van der Waals surface area contributed by atoms with E-state index >= 15 is 0 Å². The maximum atomic E-state index is 14.3. The number of oxime groups is 1. The maximum Gasteiger partial charge on any atom is 0.435 e. The second-order valence-electron chi connectivity index (χ2n) is 7.68. The van der Waals surface area contributed by atoms with Crippen molar-refractivity contribution in [2.45, 2.75) is 37.5 Å². The summed E-state index contributed by atoms with van der Waals surface area (Å²) in [5.41, 5.74) is 0.234. The number of nitrogens with one attached hydrogen (secondary N) is 1. The summed E-state index contributed by atoms with van der Waals surface area (Å²) in [6, 6.07) is 5.26. The van der Waals surface area contributed by atoms with Crippen LogP contribution >= 0.6 is 23.2 Å². The van der Waals surface area contributed by atoms with Gasteiger partial charge in [-0.15, -0.1) is 0 Å². The quantitative estimate of drug-likeness (QED) is 0.366. The number of aromatic amines is 1. The van der Waals surface area contributed by atoms with Gasteiger partial charge in [0.2, 0.25) is 0 Å². The van der Waals surface area contributed by atoms with Crippen LogP contribution in [0.4, 0.5) is 17.6 Å². The van der Waals surface area contributed by atoms with Gasteiger partial charge >= 0.3 is 6.18 Å². The van der Waals surface area contributed by atoms with Gasteiger partial charge < -0.3 is 4.84 Å². The molecule has 1 unspecified atom stereocenters. The zero-order valence-electron chi connectivity index (χ0n) is 16.2. The highest BCUT2D eigenvalue weighted by Gasteiger charge is 2.62. The summed E-state index contributed by atoms with van der Waals surface area (Å²) in [6.07, 6.45) is -1.68. The van der Waals surface area contributed by atoms with Crippen molar-refractivity contribution < 1.29 is 22.4 Å². The van der Waals surface area contributed by atoms with Crippen molar-refractivity contribution in [3.05, 3.63) is 68.7 Å². The first-order chi connectivity index (χ1) is 15.2. The standard InChI is InChI=1S/C21H14Cl2F4N4O/c22-15-6-10(7-16(23)18(15)24)20(21(25,26)27)8-17(31-32-20)13-4-5-14(19-28-9-29-30-19)12-3-1-2-11(12)13/h4-7,9H,1-3,8H2,(H,28,29,30). The molecule has 1 aliphatic carbocycles. The molecule has 32 heavy (non-hydrogen) atoms. The maximum absolute atomic E-state index is 14.3. The van der Waals surface area contributed by atoms with Crippen molar-refractivity contribution in [2.24, 2.45) is 5.16 Å². The fourth-order valence-corrected chi connectivity index (χ4v) is 4.85. The first-order valence-corrected chi connectivity index (χ1v) is 10.4. The molecule has 166 valence electrons. The molecular weight excluding hydrogens is 471 g/mol. The smallest absolute Gasteiger partial charge is 0.374 e. The van der Waals surface area contributed by atoms with Gasteiger partial charge in [-0.05, 0) is 42.5 Å². The van der Waals surface area contributed by atoms with Crippen LogP contribution in [0.25, 0.3) is 11.4 Å². The highest BCUT2D eigenvalue weighted by atomic mass is 35.5. The topological polar surface area (TPSA) is 63.2 Å². The molecule has 0 saturated carbocycles. The second kappa shape index (κ2) is 7.45. The molecule has 0 amide bonds. The first kappa shape index (κ1) is 21.2. The predicted octanol–water partition coefficient (Wildman–Crippen LogP) is 5.99. The summed E-state index contributed by atoms with van der Waals surface area (Å²) in [5.74, 6) is -0.464. The van der Waals surface area contributed by atoms with Gasteiger partial charge in [-0.2, -0.15) is 18.3 Å². The summed E-state index contributed by atoms with van der Waals surface area (Å²) in [6.45, 7) is 0. The summed E-state index contributed by atoms with van der Waals surface area (Å²) in [4.78, 5) is 9.25. The average molecular weight is 485 g/mol. The fraction of sp³-hybridized carbons (Fsp3) is 0.286. The highest BCUT2D eigenvalue weighted by Crippen LogP contribution is 2.50. The van der Waals surface area contributed by atoms with E-state index in [0.717, 1.165) is 41.7 Å². The minimum absolute atomic E-state index is 0.151. The Balaban J connectivity index is 1.57. The van der Waals surface area contributed by atoms with Crippen molar-refractivity contribution in [3.63, 3.8) is 0 Å². The molecule has 2 aromatic carbocycles. The number of fused-ring (bicyclic) bond motifs is 1. The Morgan fingerprint density at radius 3 is 2.31 bits per heavy atom. The van der Waals surface area contributed by atoms with E-state index in [2.05, 4.69) is 20.3 Å². The van der Waals surface area contributed by atoms with Crippen molar-refractivity contribution in [1.82, 2.24) is 15.2 Å². The molecule has 0 saturated heterocycles. The molecule has 5 rings (SSSR count). The van der Waals surface area contributed by atoms with Crippen LogP contribution in [0.15, 0.2) is 35.7 Å². The molecule has 1 atom stereocenters. The molecule has 1 aliphatic heterocycles. The fourth-order valence-electron chi connectivity index (χ4n) is 4.36. The van der Waals surface area contributed by atoms with E-state index in [1.165, 1.54) is 6.33 Å². The van der Waals surface area contributed by atoms with E-state index in [1.54, 1.807) is 12.1 Å². The van der Waals surface area contributed by atoms with Crippen LogP contribution in [0.1, 0.15) is 35.1 Å². The summed E-state index contributed by atoms with van der Waals surface area (Å²) >= 11 is 11.5. The number of rotatable bonds is 3. The minimum atomic E-state index is -4.86. The van der Waals surface area contributed by atoms with E-state index < -0.39 is 39.6 Å². The van der Waals surface area contributed by atoms with Crippen LogP contribution in [0.2, 0.25) is 10.0 Å². The van der Waals surface area contributed by atoms with E-state index in [4.69, 9.17) is 28.0 Å². The van der Waals surface area contributed by atoms with E-state index in [9.17, 15) is 17.6 Å². The zero-order chi connectivity index (χ0) is 22.7. The lowest BCUT2D eigenvalue weighted by Crippen LogP contribution is -2.42. The third-order valence-electron chi connectivity index (χ3n) is 5.89. The Kier molecular flexibility index (Phi) is 4.94. The Hall–Kier alpha value is -2.65. The van der Waals surface area contributed by atoms with Crippen LogP contribution in [-0.2, 0) is 23.3 Å². The zero-order valence-corrected chi connectivity index (χ0v) is 17.7. The van der Waals surface area contributed by atoms with Crippen LogP contribution in [-0.4, -0.2) is 27.1 Å². The minimum Gasteiger partial charge on any atom is -0.374 e. The van der Waals surface area contributed by atoms with Gasteiger partial charge in [-0.3, -0.25) is 5.10 Å². The number of benzene rings is 2. The van der Waals surface area contributed by atoms with Gasteiger partial charge in [0.05, 0.1) is 15.8 Å². The number of hydrogen-bond donors (Lipinski definition) is 1. The molecule has 0 fully saturated rings. The molecule has 5 nitrogen and oxygen atoms in total. The van der Waals surface area contributed by atoms with Gasteiger partial charge in [0.25, 0.3) is 5.60 Å². The second-order valence-corrected chi connectivity index (χ2v) is 8.49. The molecule has 11 heteroatoms. The molecule has 2 heterocycles. The number of halogens is 6. The van der Waals surface area contributed by atoms with Gasteiger partial charge in [0.15, 0.2) is 11.6 Å². The number of nitrogens with zero attached hydrogens (tertiary/aromatic N) is 3. The number of alkyl halides is 3. The Labute approximate surface area is 189 Å². The van der Waals surface area contributed by atoms with Gasteiger partial charge in [-0.25, -0.2) is 9.37 Å². The molecule has 0 radical (unpaired) electrons. The monoisotopic (exact) mass is 484 g/mol. The Morgan fingerprint density at radius 1 is 1.03 bits per heavy atom. The normalized spacial score (nSPS) is 20.2. The van der Waals surface area contributed by atoms with Crippen molar-refractivity contribution in [2.75, 3.05) is 0 Å². The third kappa shape index (κ3) is 3.17. The number of hydrogen-bond acceptors (Lipinski definition) is 4. The SMILES string of the molecule is Fc1c(Cl)cc(C2(C(F)(F)F)CC(c3ccc(-c4nc[nH]n4)c4c3CCC4)=NO2)cc1Cl. The highest BCUT2D eigenvalue weighted by molar-refractivity contribution is 6.35. The Morgan fingerprint density at radius 2 is 1.69 bits per heavy atom. The lowest BCUT2D eigenvalue weighted by Gasteiger charge is -2.30. The summed E-state index contributed by atoms with van der Waals surface area (Å²) in [5, 5.41) is 9.57. The third-order valence-corrected chi connectivity index (χ3v) is 6.44. The molecule has 0 spiro atoms. The number of aromatic nitrogens is 3. The van der Waals surface area contributed by atoms with Gasteiger partial charge in [0.1, 0.15) is 6.33 Å². The molecule has 3 aromatic rings. The van der Waals surface area contributed by atoms with E-state index in [-0.39, 0.29) is 5.71 Å². The van der Waals surface area contributed by atoms with E-state index in [0.29, 0.717) is 17.8 Å². The summed E-state index contributed by atoms with van der Waals surface area (Å²) in [7, 11) is 0. The van der Waals surface area contributed by atoms with Gasteiger partial charge in [0, 0.05) is 23.1 Å². The van der Waals surface area contributed by atoms with Crippen molar-refractivity contribution >= 4 is 28.9 Å². The van der Waals surface area contributed by atoms with Crippen LogP contribution in [0, 0.1) is 5.82 Å². The Bertz CT molecular complexity index is 1220.